The average molecular weight is 408 g/mol. The van der Waals surface area contributed by atoms with E-state index in [1.165, 1.54) is 12.7 Å². The lowest BCUT2D eigenvalue weighted by Gasteiger charge is -2.11. The fourth-order valence-electron chi connectivity index (χ4n) is 3.29. The Morgan fingerprint density at radius 2 is 1.73 bits per heavy atom. The van der Waals surface area contributed by atoms with Gasteiger partial charge in [-0.1, -0.05) is 36.8 Å². The van der Waals surface area contributed by atoms with Crippen molar-refractivity contribution < 1.29 is 19.4 Å². The van der Waals surface area contributed by atoms with Gasteiger partial charge in [-0.15, -0.1) is 0 Å². The molecule has 2 aromatic carbocycles. The third-order valence-electron chi connectivity index (χ3n) is 5.21. The summed E-state index contributed by atoms with van der Waals surface area (Å²) in [7, 11) is 3.00. The Labute approximate surface area is 177 Å². The Kier molecular flexibility index (Phi) is 6.90. The van der Waals surface area contributed by atoms with Crippen molar-refractivity contribution in [3.63, 3.8) is 0 Å². The van der Waals surface area contributed by atoms with Gasteiger partial charge in [0.2, 0.25) is 0 Å². The Balaban J connectivity index is 1.93. The van der Waals surface area contributed by atoms with E-state index in [2.05, 4.69) is 17.2 Å². The lowest BCUT2D eigenvalue weighted by Crippen LogP contribution is -2.14. The largest absolute Gasteiger partial charge is 0.497 e. The maximum atomic E-state index is 11.6. The summed E-state index contributed by atoms with van der Waals surface area (Å²) in [6.07, 6.45) is 0.160. The SMILES string of the molecule is COC(=O)C(C)CCC(O)c1cc(-c2ccc(C)cc2)n(-c2ccc(OC)cc2)n1. The van der Waals surface area contributed by atoms with Crippen LogP contribution in [0.4, 0.5) is 0 Å². The number of rotatable bonds is 8. The van der Waals surface area contributed by atoms with Crippen LogP contribution in [0.1, 0.15) is 37.1 Å². The minimum absolute atomic E-state index is 0.272. The van der Waals surface area contributed by atoms with Crippen molar-refractivity contribution in [1.29, 1.82) is 0 Å². The molecule has 3 rings (SSSR count). The van der Waals surface area contributed by atoms with Crippen LogP contribution in [0.15, 0.2) is 54.6 Å². The molecule has 0 saturated heterocycles. The molecule has 1 N–H and O–H groups in total. The van der Waals surface area contributed by atoms with Crippen molar-refractivity contribution in [3.05, 3.63) is 65.9 Å². The fraction of sp³-hybridized carbons (Fsp3) is 0.333. The molecule has 0 fully saturated rings. The fourth-order valence-corrected chi connectivity index (χ4v) is 3.29. The first kappa shape index (κ1) is 21.6. The van der Waals surface area contributed by atoms with E-state index in [4.69, 9.17) is 9.47 Å². The van der Waals surface area contributed by atoms with Crippen molar-refractivity contribution in [1.82, 2.24) is 9.78 Å². The van der Waals surface area contributed by atoms with E-state index >= 15 is 0 Å². The summed E-state index contributed by atoms with van der Waals surface area (Å²) < 4.78 is 11.8. The maximum Gasteiger partial charge on any atom is 0.308 e. The third-order valence-corrected chi connectivity index (χ3v) is 5.21. The molecular weight excluding hydrogens is 380 g/mol. The summed E-state index contributed by atoms with van der Waals surface area (Å²) in [6, 6.07) is 17.7. The van der Waals surface area contributed by atoms with Gasteiger partial charge in [-0.3, -0.25) is 4.79 Å². The molecule has 1 heterocycles. The van der Waals surface area contributed by atoms with Gasteiger partial charge in [0.05, 0.1) is 43.3 Å². The second-order valence-electron chi connectivity index (χ2n) is 7.45. The predicted molar refractivity (Wildman–Crippen MR) is 116 cm³/mol. The molecule has 3 aromatic rings. The molecule has 158 valence electrons. The molecule has 0 amide bonds. The summed E-state index contributed by atoms with van der Waals surface area (Å²) in [6.45, 7) is 3.84. The minimum Gasteiger partial charge on any atom is -0.497 e. The first-order valence-electron chi connectivity index (χ1n) is 10.00. The molecule has 0 aliphatic carbocycles. The molecule has 0 spiro atoms. The highest BCUT2D eigenvalue weighted by Crippen LogP contribution is 2.29. The summed E-state index contributed by atoms with van der Waals surface area (Å²) >= 11 is 0. The third kappa shape index (κ3) is 4.89. The van der Waals surface area contributed by atoms with Gasteiger partial charge < -0.3 is 14.6 Å². The Morgan fingerprint density at radius 3 is 2.33 bits per heavy atom. The number of hydrogen-bond donors (Lipinski definition) is 1. The van der Waals surface area contributed by atoms with E-state index in [0.29, 0.717) is 18.5 Å². The van der Waals surface area contributed by atoms with E-state index < -0.39 is 6.10 Å². The van der Waals surface area contributed by atoms with Crippen LogP contribution in [-0.2, 0) is 9.53 Å². The number of benzene rings is 2. The monoisotopic (exact) mass is 408 g/mol. The molecule has 6 heteroatoms. The lowest BCUT2D eigenvalue weighted by molar-refractivity contribution is -0.145. The number of hydrogen-bond acceptors (Lipinski definition) is 5. The van der Waals surface area contributed by atoms with Crippen molar-refractivity contribution in [2.75, 3.05) is 14.2 Å². The summed E-state index contributed by atoms with van der Waals surface area (Å²) in [5.74, 6) is 0.219. The minimum atomic E-state index is -0.777. The second kappa shape index (κ2) is 9.59. The summed E-state index contributed by atoms with van der Waals surface area (Å²) in [5.41, 5.74) is 4.50. The van der Waals surface area contributed by atoms with Crippen molar-refractivity contribution in [3.8, 4) is 22.7 Å². The van der Waals surface area contributed by atoms with Crippen LogP contribution in [-0.4, -0.2) is 35.1 Å². The van der Waals surface area contributed by atoms with E-state index in [9.17, 15) is 9.90 Å². The van der Waals surface area contributed by atoms with E-state index in [1.54, 1.807) is 14.0 Å². The number of aliphatic hydroxyl groups excluding tert-OH is 1. The standard InChI is InChI=1S/C24H28N2O4/c1-16-5-8-18(9-6-16)22-15-21(23(27)14-7-17(2)24(28)30-4)25-26(22)19-10-12-20(29-3)13-11-19/h5-6,8-13,15,17,23,27H,7,14H2,1-4H3. The highest BCUT2D eigenvalue weighted by molar-refractivity contribution is 5.71. The summed E-state index contributed by atoms with van der Waals surface area (Å²) in [5, 5.41) is 15.4. The van der Waals surface area contributed by atoms with Crippen LogP contribution >= 0.6 is 0 Å². The van der Waals surface area contributed by atoms with Gasteiger partial charge >= 0.3 is 5.97 Å². The number of nitrogens with zero attached hydrogens (tertiary/aromatic N) is 2. The van der Waals surface area contributed by atoms with Gasteiger partial charge in [-0.05, 0) is 50.1 Å². The zero-order valence-electron chi connectivity index (χ0n) is 17.8. The van der Waals surface area contributed by atoms with Gasteiger partial charge in [-0.2, -0.15) is 5.10 Å². The quantitative estimate of drug-likeness (QED) is 0.557. The molecule has 30 heavy (non-hydrogen) atoms. The van der Waals surface area contributed by atoms with Crippen molar-refractivity contribution in [2.45, 2.75) is 32.8 Å². The zero-order valence-corrected chi connectivity index (χ0v) is 17.8. The number of aliphatic hydroxyl groups is 1. The van der Waals surface area contributed by atoms with Gasteiger partial charge in [-0.25, -0.2) is 4.68 Å². The molecule has 0 saturated carbocycles. The topological polar surface area (TPSA) is 73.6 Å². The number of methoxy groups -OCH3 is 2. The van der Waals surface area contributed by atoms with E-state index in [-0.39, 0.29) is 11.9 Å². The molecule has 1 aromatic heterocycles. The highest BCUT2D eigenvalue weighted by Gasteiger charge is 2.20. The van der Waals surface area contributed by atoms with Crippen molar-refractivity contribution >= 4 is 5.97 Å². The Morgan fingerprint density at radius 1 is 1.07 bits per heavy atom. The van der Waals surface area contributed by atoms with Crippen LogP contribution in [0.3, 0.4) is 0 Å². The van der Waals surface area contributed by atoms with Crippen LogP contribution < -0.4 is 4.74 Å². The molecule has 2 unspecified atom stereocenters. The van der Waals surface area contributed by atoms with Gasteiger partial charge in [0.25, 0.3) is 0 Å². The van der Waals surface area contributed by atoms with Gasteiger partial charge in [0.15, 0.2) is 0 Å². The average Bonchev–Trinajstić information content (AvgIpc) is 3.22. The molecule has 0 aliphatic heterocycles. The number of esters is 1. The number of carbonyl (C=O) groups excluding carboxylic acids is 1. The summed E-state index contributed by atoms with van der Waals surface area (Å²) in [4.78, 5) is 11.6. The number of aryl methyl sites for hydroxylation is 1. The molecular formula is C24H28N2O4. The van der Waals surface area contributed by atoms with Crippen LogP contribution in [0.2, 0.25) is 0 Å². The molecule has 6 nitrogen and oxygen atoms in total. The van der Waals surface area contributed by atoms with Gasteiger partial charge in [0, 0.05) is 5.56 Å². The van der Waals surface area contributed by atoms with Crippen LogP contribution in [0.25, 0.3) is 16.9 Å². The normalized spacial score (nSPS) is 13.0. The van der Waals surface area contributed by atoms with E-state index in [1.807, 2.05) is 54.1 Å². The van der Waals surface area contributed by atoms with E-state index in [0.717, 1.165) is 22.7 Å². The first-order chi connectivity index (χ1) is 14.4. The molecule has 0 radical (unpaired) electrons. The smallest absolute Gasteiger partial charge is 0.308 e. The maximum absolute atomic E-state index is 11.6. The molecule has 0 aliphatic rings. The van der Waals surface area contributed by atoms with Crippen LogP contribution in [0.5, 0.6) is 5.75 Å². The Hall–Kier alpha value is -3.12. The number of carbonyl (C=O) groups is 1. The predicted octanol–water partition coefficient (Wildman–Crippen LogP) is 4.48. The Bertz CT molecular complexity index is 977. The number of aromatic nitrogens is 2. The lowest BCUT2D eigenvalue weighted by atomic mass is 10.0. The number of ether oxygens (including phenoxy) is 2. The highest BCUT2D eigenvalue weighted by atomic mass is 16.5. The molecule has 0 bridgehead atoms. The van der Waals surface area contributed by atoms with Crippen molar-refractivity contribution in [2.24, 2.45) is 5.92 Å². The second-order valence-corrected chi connectivity index (χ2v) is 7.45. The molecule has 2 atom stereocenters. The first-order valence-corrected chi connectivity index (χ1v) is 10.00. The van der Waals surface area contributed by atoms with Gasteiger partial charge in [0.1, 0.15) is 5.75 Å². The zero-order chi connectivity index (χ0) is 21.7. The van der Waals surface area contributed by atoms with Crippen LogP contribution in [0, 0.1) is 12.8 Å².